The highest BCUT2D eigenvalue weighted by molar-refractivity contribution is 6.33. The third kappa shape index (κ3) is 4.91. The maximum Gasteiger partial charge on any atom is 0.241 e. The van der Waals surface area contributed by atoms with Crippen molar-refractivity contribution in [3.8, 4) is 0 Å². The molecule has 100 valence electrons. The first-order chi connectivity index (χ1) is 7.90. The fraction of sp³-hybridized carbons (Fsp3) is 0.273. The van der Waals surface area contributed by atoms with Gasteiger partial charge in [0.15, 0.2) is 0 Å². The number of halogens is 2. The number of carbonyl (C=O) groups excluding carboxylic acids is 2. The van der Waals surface area contributed by atoms with E-state index < -0.39 is 17.9 Å². The van der Waals surface area contributed by atoms with Gasteiger partial charge in [-0.3, -0.25) is 9.59 Å². The molecule has 0 spiro atoms. The van der Waals surface area contributed by atoms with Crippen LogP contribution >= 0.6 is 24.0 Å². The van der Waals surface area contributed by atoms with Crippen LogP contribution in [0.2, 0.25) is 5.02 Å². The Hall–Kier alpha value is -1.30. The van der Waals surface area contributed by atoms with Crippen molar-refractivity contribution in [1.82, 2.24) is 0 Å². The normalized spacial score (nSPS) is 11.3. The Morgan fingerprint density at radius 3 is 2.61 bits per heavy atom. The van der Waals surface area contributed by atoms with Crippen molar-refractivity contribution in [2.75, 3.05) is 5.32 Å². The molecule has 5 nitrogen and oxygen atoms in total. The lowest BCUT2D eigenvalue weighted by molar-refractivity contribution is -0.123. The largest absolute Gasteiger partial charge is 0.370 e. The molecule has 0 fully saturated rings. The van der Waals surface area contributed by atoms with Crippen LogP contribution in [0.5, 0.6) is 0 Å². The van der Waals surface area contributed by atoms with Gasteiger partial charge in [-0.1, -0.05) is 17.7 Å². The Labute approximate surface area is 116 Å². The van der Waals surface area contributed by atoms with Crippen molar-refractivity contribution in [2.45, 2.75) is 19.4 Å². The Kier molecular flexibility index (Phi) is 6.68. The topological polar surface area (TPSA) is 98.2 Å². The van der Waals surface area contributed by atoms with Gasteiger partial charge in [-0.25, -0.2) is 0 Å². The smallest absolute Gasteiger partial charge is 0.241 e. The second-order valence-corrected chi connectivity index (χ2v) is 4.16. The summed E-state index contributed by atoms with van der Waals surface area (Å²) in [6, 6.07) is 4.24. The number of benzene rings is 1. The molecule has 0 saturated heterocycles. The molecular formula is C11H15Cl2N3O2. The van der Waals surface area contributed by atoms with E-state index in [4.69, 9.17) is 23.1 Å². The summed E-state index contributed by atoms with van der Waals surface area (Å²) in [5, 5.41) is 2.96. The average molecular weight is 292 g/mol. The van der Waals surface area contributed by atoms with Crippen LogP contribution in [0.1, 0.15) is 12.0 Å². The van der Waals surface area contributed by atoms with Gasteiger partial charge in [-0.2, -0.15) is 0 Å². The fourth-order valence-corrected chi connectivity index (χ4v) is 1.43. The lowest BCUT2D eigenvalue weighted by Crippen LogP contribution is -2.39. The van der Waals surface area contributed by atoms with Crippen molar-refractivity contribution in [1.29, 1.82) is 0 Å². The lowest BCUT2D eigenvalue weighted by Gasteiger charge is -2.12. The van der Waals surface area contributed by atoms with Crippen molar-refractivity contribution < 1.29 is 9.59 Å². The molecular weight excluding hydrogens is 277 g/mol. The van der Waals surface area contributed by atoms with Gasteiger partial charge < -0.3 is 16.8 Å². The van der Waals surface area contributed by atoms with Crippen LogP contribution < -0.4 is 16.8 Å². The third-order valence-electron chi connectivity index (χ3n) is 2.14. The fourth-order valence-electron chi connectivity index (χ4n) is 1.27. The number of hydrogen-bond donors (Lipinski definition) is 3. The van der Waals surface area contributed by atoms with Gasteiger partial charge in [0, 0.05) is 0 Å². The second-order valence-electron chi connectivity index (χ2n) is 3.75. The van der Waals surface area contributed by atoms with Crippen molar-refractivity contribution in [3.05, 3.63) is 28.8 Å². The monoisotopic (exact) mass is 291 g/mol. The molecule has 1 rings (SSSR count). The molecule has 0 aliphatic heterocycles. The summed E-state index contributed by atoms with van der Waals surface area (Å²) < 4.78 is 0. The predicted octanol–water partition coefficient (Wildman–Crippen LogP) is 1.21. The van der Waals surface area contributed by atoms with Crippen LogP contribution in [0.4, 0.5) is 5.69 Å². The highest BCUT2D eigenvalue weighted by Crippen LogP contribution is 2.22. The highest BCUT2D eigenvalue weighted by Gasteiger charge is 2.16. The van der Waals surface area contributed by atoms with Gasteiger partial charge in [0.05, 0.1) is 23.2 Å². The third-order valence-corrected chi connectivity index (χ3v) is 2.47. The number of hydrogen-bond acceptors (Lipinski definition) is 3. The van der Waals surface area contributed by atoms with Crippen molar-refractivity contribution >= 4 is 41.5 Å². The van der Waals surface area contributed by atoms with Crippen LogP contribution in [-0.4, -0.2) is 17.9 Å². The van der Waals surface area contributed by atoms with E-state index in [2.05, 4.69) is 5.32 Å². The zero-order valence-corrected chi connectivity index (χ0v) is 11.3. The Bertz CT molecular complexity index is 452. The number of nitrogens with one attached hydrogen (secondary N) is 1. The van der Waals surface area contributed by atoms with Gasteiger partial charge in [0.25, 0.3) is 0 Å². The number of rotatable bonds is 4. The average Bonchev–Trinajstić information content (AvgIpc) is 2.22. The first-order valence-electron chi connectivity index (χ1n) is 5.01. The molecule has 0 heterocycles. The minimum Gasteiger partial charge on any atom is -0.370 e. The Morgan fingerprint density at radius 1 is 1.44 bits per heavy atom. The van der Waals surface area contributed by atoms with Crippen LogP contribution in [-0.2, 0) is 9.59 Å². The molecule has 1 atom stereocenters. The molecule has 0 saturated carbocycles. The zero-order valence-electron chi connectivity index (χ0n) is 9.77. The molecule has 0 aliphatic rings. The first kappa shape index (κ1) is 16.7. The number of aryl methyl sites for hydroxylation is 1. The zero-order chi connectivity index (χ0) is 13.0. The molecule has 1 aromatic carbocycles. The van der Waals surface area contributed by atoms with Crippen LogP contribution in [0.15, 0.2) is 18.2 Å². The molecule has 0 bridgehead atoms. The van der Waals surface area contributed by atoms with E-state index in [1.165, 1.54) is 0 Å². The first-order valence-corrected chi connectivity index (χ1v) is 5.39. The summed E-state index contributed by atoms with van der Waals surface area (Å²) in [5.41, 5.74) is 11.9. The van der Waals surface area contributed by atoms with Crippen molar-refractivity contribution in [2.24, 2.45) is 11.5 Å². The summed E-state index contributed by atoms with van der Waals surface area (Å²) in [6.07, 6.45) is -0.199. The standard InChI is InChI=1S/C11H14ClN3O2.ClH/c1-6-2-3-7(12)9(4-6)15-11(17)8(13)5-10(14)16;/h2-4,8H,5,13H2,1H3,(H2,14,16)(H,15,17);1H. The second kappa shape index (κ2) is 7.20. The van der Waals surface area contributed by atoms with Gasteiger partial charge in [-0.15, -0.1) is 12.4 Å². The summed E-state index contributed by atoms with van der Waals surface area (Å²) in [4.78, 5) is 22.2. The van der Waals surface area contributed by atoms with Gasteiger partial charge >= 0.3 is 0 Å². The van der Waals surface area contributed by atoms with E-state index in [9.17, 15) is 9.59 Å². The minimum atomic E-state index is -0.968. The molecule has 0 aliphatic carbocycles. The maximum atomic E-state index is 11.6. The van der Waals surface area contributed by atoms with E-state index >= 15 is 0 Å². The summed E-state index contributed by atoms with van der Waals surface area (Å²) in [6.45, 7) is 1.87. The van der Waals surface area contributed by atoms with Crippen LogP contribution in [0.25, 0.3) is 0 Å². The molecule has 0 radical (unpaired) electrons. The Balaban J connectivity index is 0.00000289. The van der Waals surface area contributed by atoms with E-state index in [0.29, 0.717) is 10.7 Å². The number of nitrogens with two attached hydrogens (primary N) is 2. The number of amides is 2. The number of primary amides is 1. The van der Waals surface area contributed by atoms with Gasteiger partial charge in [0.2, 0.25) is 11.8 Å². The maximum absolute atomic E-state index is 11.6. The minimum absolute atomic E-state index is 0. The van der Waals surface area contributed by atoms with E-state index in [0.717, 1.165) is 5.56 Å². The van der Waals surface area contributed by atoms with Crippen LogP contribution in [0.3, 0.4) is 0 Å². The molecule has 5 N–H and O–H groups in total. The number of anilines is 1. The highest BCUT2D eigenvalue weighted by atomic mass is 35.5. The Morgan fingerprint density at radius 2 is 2.06 bits per heavy atom. The molecule has 18 heavy (non-hydrogen) atoms. The van der Waals surface area contributed by atoms with Crippen LogP contribution in [0, 0.1) is 6.92 Å². The number of carbonyl (C=O) groups is 2. The molecule has 1 unspecified atom stereocenters. The SMILES string of the molecule is Cc1ccc(Cl)c(NC(=O)C(N)CC(N)=O)c1.Cl. The molecule has 7 heteroatoms. The van der Waals surface area contributed by atoms with Crippen molar-refractivity contribution in [3.63, 3.8) is 0 Å². The van der Waals surface area contributed by atoms with E-state index in [-0.39, 0.29) is 18.8 Å². The van der Waals surface area contributed by atoms with Gasteiger partial charge in [-0.05, 0) is 24.6 Å². The van der Waals surface area contributed by atoms with Gasteiger partial charge in [0.1, 0.15) is 0 Å². The lowest BCUT2D eigenvalue weighted by atomic mass is 10.2. The predicted molar refractivity (Wildman–Crippen MR) is 73.9 cm³/mol. The van der Waals surface area contributed by atoms with E-state index in [1.807, 2.05) is 13.0 Å². The molecule has 0 aromatic heterocycles. The summed E-state index contributed by atoms with van der Waals surface area (Å²) in [5.74, 6) is -1.11. The van der Waals surface area contributed by atoms with E-state index in [1.54, 1.807) is 12.1 Å². The quantitative estimate of drug-likeness (QED) is 0.778. The molecule has 2 amide bonds. The molecule has 1 aromatic rings. The summed E-state index contributed by atoms with van der Waals surface area (Å²) >= 11 is 5.90. The summed E-state index contributed by atoms with van der Waals surface area (Å²) in [7, 11) is 0.